The Balaban J connectivity index is 3.90. The monoisotopic (exact) mass is 150 g/mol. The van der Waals surface area contributed by atoms with Crippen molar-refractivity contribution in [2.24, 2.45) is 0 Å². The van der Waals surface area contributed by atoms with Gasteiger partial charge in [-0.1, -0.05) is 12.2 Å². The lowest BCUT2D eigenvalue weighted by Gasteiger charge is -1.92. The van der Waals surface area contributed by atoms with Crippen LogP contribution in [0.15, 0.2) is 12.2 Å². The van der Waals surface area contributed by atoms with Crippen molar-refractivity contribution in [3.05, 3.63) is 12.2 Å². The third kappa shape index (κ3) is 4.17. The Hall–Kier alpha value is -0.350. The van der Waals surface area contributed by atoms with Gasteiger partial charge in [-0.3, -0.25) is 4.18 Å². The first kappa shape index (κ1) is 8.65. The van der Waals surface area contributed by atoms with Gasteiger partial charge in [0, 0.05) is 0 Å². The van der Waals surface area contributed by atoms with Crippen molar-refractivity contribution in [3.63, 3.8) is 0 Å². The van der Waals surface area contributed by atoms with E-state index in [0.29, 0.717) is 0 Å². The van der Waals surface area contributed by atoms with Gasteiger partial charge in [-0.05, 0) is 6.92 Å². The molecule has 54 valence electrons. The lowest BCUT2D eigenvalue weighted by atomic mass is 10.6. The molecule has 0 radical (unpaired) electrons. The molecular formula is C5H10O3S. The minimum absolute atomic E-state index is 0.0417. The van der Waals surface area contributed by atoms with Gasteiger partial charge >= 0.3 is 0 Å². The summed E-state index contributed by atoms with van der Waals surface area (Å²) >= 11 is 0. The van der Waals surface area contributed by atoms with E-state index in [1.54, 1.807) is 13.0 Å². The molecule has 0 aliphatic heterocycles. The van der Waals surface area contributed by atoms with E-state index in [4.69, 9.17) is 0 Å². The van der Waals surface area contributed by atoms with Gasteiger partial charge in [0.05, 0.1) is 12.9 Å². The maximum absolute atomic E-state index is 10.5. The van der Waals surface area contributed by atoms with E-state index in [0.717, 1.165) is 7.11 Å². The van der Waals surface area contributed by atoms with Crippen molar-refractivity contribution in [2.75, 3.05) is 12.9 Å². The Morgan fingerprint density at radius 2 is 2.11 bits per heavy atom. The Labute approximate surface area is 55.5 Å². The van der Waals surface area contributed by atoms with Crippen molar-refractivity contribution < 1.29 is 12.6 Å². The van der Waals surface area contributed by atoms with E-state index in [-0.39, 0.29) is 5.75 Å². The van der Waals surface area contributed by atoms with Crippen molar-refractivity contribution in [1.29, 1.82) is 0 Å². The zero-order chi connectivity index (χ0) is 7.33. The molecule has 9 heavy (non-hydrogen) atoms. The standard InChI is InChI=1S/C5H10O3S/c1-3-4-5-9(6,7)8-2/h3-4H,5H2,1-2H3/b4-3+. The summed E-state index contributed by atoms with van der Waals surface area (Å²) in [6.45, 7) is 1.76. The summed E-state index contributed by atoms with van der Waals surface area (Å²) in [7, 11) is -2.12. The molecular weight excluding hydrogens is 140 g/mol. The minimum Gasteiger partial charge on any atom is -0.273 e. The van der Waals surface area contributed by atoms with E-state index >= 15 is 0 Å². The van der Waals surface area contributed by atoms with Crippen LogP contribution in [0.4, 0.5) is 0 Å². The van der Waals surface area contributed by atoms with E-state index < -0.39 is 10.1 Å². The fourth-order valence-corrected chi connectivity index (χ4v) is 0.846. The predicted octanol–water partition coefficient (Wildman–Crippen LogP) is 0.539. The van der Waals surface area contributed by atoms with Gasteiger partial charge < -0.3 is 0 Å². The summed E-state index contributed by atoms with van der Waals surface area (Å²) in [4.78, 5) is 0. The van der Waals surface area contributed by atoms with Crippen molar-refractivity contribution >= 4 is 10.1 Å². The molecule has 0 aliphatic carbocycles. The summed E-state index contributed by atoms with van der Waals surface area (Å²) in [6, 6.07) is 0. The first-order valence-electron chi connectivity index (χ1n) is 2.52. The largest absolute Gasteiger partial charge is 0.273 e. The SMILES string of the molecule is C/C=C/CS(=O)(=O)OC. The summed E-state index contributed by atoms with van der Waals surface area (Å²) < 4.78 is 25.1. The average molecular weight is 150 g/mol. The highest BCUT2D eigenvalue weighted by Crippen LogP contribution is 1.89. The highest BCUT2D eigenvalue weighted by atomic mass is 32.2. The quantitative estimate of drug-likeness (QED) is 0.435. The number of allylic oxidation sites excluding steroid dienone is 1. The zero-order valence-corrected chi connectivity index (χ0v) is 6.31. The minimum atomic E-state index is -3.27. The molecule has 0 heterocycles. The molecule has 0 aromatic heterocycles. The number of hydrogen-bond donors (Lipinski definition) is 0. The molecule has 0 spiro atoms. The van der Waals surface area contributed by atoms with Gasteiger partial charge in [-0.15, -0.1) is 0 Å². The lowest BCUT2D eigenvalue weighted by molar-refractivity contribution is 0.400. The molecule has 0 fully saturated rings. The molecule has 0 amide bonds. The smallest absolute Gasteiger partial charge is 0.270 e. The maximum atomic E-state index is 10.5. The van der Waals surface area contributed by atoms with Crippen LogP contribution in [0.1, 0.15) is 6.92 Å². The van der Waals surface area contributed by atoms with Crippen molar-refractivity contribution in [2.45, 2.75) is 6.92 Å². The van der Waals surface area contributed by atoms with Crippen LogP contribution in [0.5, 0.6) is 0 Å². The normalized spacial score (nSPS) is 12.7. The second-order valence-electron chi connectivity index (χ2n) is 1.46. The molecule has 0 aromatic carbocycles. The van der Waals surface area contributed by atoms with Crippen LogP contribution >= 0.6 is 0 Å². The highest BCUT2D eigenvalue weighted by molar-refractivity contribution is 7.86. The zero-order valence-electron chi connectivity index (χ0n) is 5.49. The van der Waals surface area contributed by atoms with Crippen LogP contribution in [-0.4, -0.2) is 21.3 Å². The summed E-state index contributed by atoms with van der Waals surface area (Å²) in [5, 5.41) is 0. The Kier molecular flexibility index (Phi) is 3.49. The Morgan fingerprint density at radius 3 is 2.44 bits per heavy atom. The third-order valence-corrected chi connectivity index (χ3v) is 1.90. The van der Waals surface area contributed by atoms with Gasteiger partial charge in [0.2, 0.25) is 0 Å². The first-order chi connectivity index (χ1) is 4.12. The maximum Gasteiger partial charge on any atom is 0.270 e. The van der Waals surface area contributed by atoms with E-state index in [1.165, 1.54) is 6.08 Å². The van der Waals surface area contributed by atoms with Crippen LogP contribution in [0.3, 0.4) is 0 Å². The van der Waals surface area contributed by atoms with Crippen LogP contribution in [0, 0.1) is 0 Å². The molecule has 0 rings (SSSR count). The topological polar surface area (TPSA) is 43.4 Å². The number of rotatable bonds is 3. The summed E-state index contributed by atoms with van der Waals surface area (Å²) in [6.07, 6.45) is 3.19. The van der Waals surface area contributed by atoms with Crippen molar-refractivity contribution in [1.82, 2.24) is 0 Å². The van der Waals surface area contributed by atoms with Gasteiger partial charge in [0.15, 0.2) is 0 Å². The van der Waals surface area contributed by atoms with E-state index in [1.807, 2.05) is 0 Å². The van der Waals surface area contributed by atoms with Crippen molar-refractivity contribution in [3.8, 4) is 0 Å². The molecule has 3 nitrogen and oxygen atoms in total. The van der Waals surface area contributed by atoms with Crippen LogP contribution in [-0.2, 0) is 14.3 Å². The van der Waals surface area contributed by atoms with Gasteiger partial charge in [0.1, 0.15) is 0 Å². The lowest BCUT2D eigenvalue weighted by Crippen LogP contribution is -2.04. The molecule has 0 unspecified atom stereocenters. The molecule has 0 N–H and O–H groups in total. The number of hydrogen-bond acceptors (Lipinski definition) is 3. The first-order valence-corrected chi connectivity index (χ1v) is 4.09. The third-order valence-electron chi connectivity index (χ3n) is 0.790. The molecule has 0 aliphatic rings. The van der Waals surface area contributed by atoms with Crippen LogP contribution in [0.2, 0.25) is 0 Å². The molecule has 0 saturated heterocycles. The molecule has 0 atom stereocenters. The second kappa shape index (κ2) is 3.63. The summed E-state index contributed by atoms with van der Waals surface area (Å²) in [5.41, 5.74) is 0. The highest BCUT2D eigenvalue weighted by Gasteiger charge is 2.02. The summed E-state index contributed by atoms with van der Waals surface area (Å²) in [5.74, 6) is -0.0417. The van der Waals surface area contributed by atoms with Crippen LogP contribution in [0.25, 0.3) is 0 Å². The second-order valence-corrected chi connectivity index (χ2v) is 3.24. The molecule has 0 bridgehead atoms. The Bertz CT molecular complexity index is 178. The molecule has 0 aromatic rings. The van der Waals surface area contributed by atoms with Gasteiger partial charge in [-0.2, -0.15) is 8.42 Å². The molecule has 4 heteroatoms. The van der Waals surface area contributed by atoms with E-state index in [2.05, 4.69) is 4.18 Å². The fraction of sp³-hybridized carbons (Fsp3) is 0.600. The van der Waals surface area contributed by atoms with Gasteiger partial charge in [-0.25, -0.2) is 0 Å². The van der Waals surface area contributed by atoms with Crippen LogP contribution < -0.4 is 0 Å². The Morgan fingerprint density at radius 1 is 1.56 bits per heavy atom. The van der Waals surface area contributed by atoms with Gasteiger partial charge in [0.25, 0.3) is 10.1 Å². The molecule has 0 saturated carbocycles. The average Bonchev–Trinajstić information content (AvgIpc) is 1.84. The fourth-order valence-electron chi connectivity index (χ4n) is 0.282. The van der Waals surface area contributed by atoms with E-state index in [9.17, 15) is 8.42 Å². The predicted molar refractivity (Wildman–Crippen MR) is 35.6 cm³/mol.